The summed E-state index contributed by atoms with van der Waals surface area (Å²) in [5.41, 5.74) is 0.791. The fourth-order valence-corrected chi connectivity index (χ4v) is 2.93. The van der Waals surface area contributed by atoms with Crippen molar-refractivity contribution >= 4 is 5.91 Å². The summed E-state index contributed by atoms with van der Waals surface area (Å²) < 4.78 is 13.6. The van der Waals surface area contributed by atoms with E-state index in [2.05, 4.69) is 0 Å². The lowest BCUT2D eigenvalue weighted by Gasteiger charge is -2.34. The predicted molar refractivity (Wildman–Crippen MR) is 78.9 cm³/mol. The summed E-state index contributed by atoms with van der Waals surface area (Å²) in [5.74, 6) is 0.713. The Bertz CT molecular complexity index is 458. The van der Waals surface area contributed by atoms with Crippen LogP contribution in [0.3, 0.4) is 0 Å². The second-order valence-corrected chi connectivity index (χ2v) is 6.08. The van der Waals surface area contributed by atoms with Crippen molar-refractivity contribution < 1.29 is 9.18 Å². The van der Waals surface area contributed by atoms with Gasteiger partial charge < -0.3 is 4.90 Å². The van der Waals surface area contributed by atoms with Gasteiger partial charge in [-0.05, 0) is 43.2 Å². The number of likely N-dealkylation sites (tertiary alicyclic amines) is 1. The number of hydrogen-bond acceptors (Lipinski definition) is 1. The second-order valence-electron chi connectivity index (χ2n) is 6.08. The molecule has 0 N–H and O–H groups in total. The van der Waals surface area contributed by atoms with Crippen molar-refractivity contribution in [2.45, 2.75) is 39.5 Å². The van der Waals surface area contributed by atoms with E-state index in [1.54, 1.807) is 6.07 Å². The fourth-order valence-electron chi connectivity index (χ4n) is 2.93. The molecular formula is C17H24FNO. The Kier molecular flexibility index (Phi) is 5.16. The monoisotopic (exact) mass is 277 g/mol. The molecule has 0 radical (unpaired) electrons. The Morgan fingerprint density at radius 2 is 2.15 bits per heavy atom. The summed E-state index contributed by atoms with van der Waals surface area (Å²) in [6.45, 7) is 5.62. The predicted octanol–water partition coefficient (Wildman–Crippen LogP) is 3.65. The highest BCUT2D eigenvalue weighted by Gasteiger charge is 2.24. The van der Waals surface area contributed by atoms with Crippen LogP contribution in [0.25, 0.3) is 0 Å². The number of hydrogen-bond donors (Lipinski definition) is 0. The van der Waals surface area contributed by atoms with Crippen molar-refractivity contribution in [1.82, 2.24) is 4.90 Å². The topological polar surface area (TPSA) is 20.3 Å². The highest BCUT2D eigenvalue weighted by Crippen LogP contribution is 2.23. The fraction of sp³-hybridized carbons (Fsp3) is 0.588. The lowest BCUT2D eigenvalue weighted by molar-refractivity contribution is -0.136. The smallest absolute Gasteiger partial charge is 0.225 e. The van der Waals surface area contributed by atoms with Crippen molar-refractivity contribution in [1.29, 1.82) is 0 Å². The Balaban J connectivity index is 1.87. The number of amides is 1. The molecule has 3 heteroatoms. The normalized spacial score (nSPS) is 19.4. The first kappa shape index (κ1) is 15.0. The Labute approximate surface area is 121 Å². The van der Waals surface area contributed by atoms with Gasteiger partial charge >= 0.3 is 0 Å². The van der Waals surface area contributed by atoms with Gasteiger partial charge in [-0.15, -0.1) is 0 Å². The molecule has 0 saturated carbocycles. The van der Waals surface area contributed by atoms with Crippen LogP contribution in [-0.2, 0) is 11.2 Å². The molecule has 1 heterocycles. The zero-order valence-corrected chi connectivity index (χ0v) is 12.4. The number of halogens is 1. The van der Waals surface area contributed by atoms with Crippen LogP contribution >= 0.6 is 0 Å². The third kappa shape index (κ3) is 3.81. The van der Waals surface area contributed by atoms with E-state index in [4.69, 9.17) is 0 Å². The summed E-state index contributed by atoms with van der Waals surface area (Å²) in [6, 6.07) is 6.98. The van der Waals surface area contributed by atoms with E-state index in [0.717, 1.165) is 44.3 Å². The van der Waals surface area contributed by atoms with Crippen molar-refractivity contribution in [2.75, 3.05) is 13.1 Å². The van der Waals surface area contributed by atoms with E-state index in [9.17, 15) is 9.18 Å². The molecule has 0 bridgehead atoms. The molecule has 1 amide bonds. The van der Waals surface area contributed by atoms with Gasteiger partial charge in [0.2, 0.25) is 5.91 Å². The van der Waals surface area contributed by atoms with Crippen LogP contribution in [0.4, 0.5) is 4.39 Å². The lowest BCUT2D eigenvalue weighted by Crippen LogP contribution is -2.42. The van der Waals surface area contributed by atoms with Crippen molar-refractivity contribution in [2.24, 2.45) is 11.8 Å². The van der Waals surface area contributed by atoms with Crippen LogP contribution in [0, 0.1) is 17.7 Å². The van der Waals surface area contributed by atoms with Gasteiger partial charge in [0.25, 0.3) is 0 Å². The number of carbonyl (C=O) groups is 1. The van der Waals surface area contributed by atoms with Crippen molar-refractivity contribution in [3.8, 4) is 0 Å². The minimum Gasteiger partial charge on any atom is -0.342 e. The van der Waals surface area contributed by atoms with Crippen LogP contribution < -0.4 is 0 Å². The van der Waals surface area contributed by atoms with Crippen LogP contribution in [-0.4, -0.2) is 23.9 Å². The third-order valence-electron chi connectivity index (χ3n) is 4.10. The molecule has 2 rings (SSSR count). The van der Waals surface area contributed by atoms with Gasteiger partial charge in [0, 0.05) is 19.0 Å². The third-order valence-corrected chi connectivity index (χ3v) is 4.10. The van der Waals surface area contributed by atoms with E-state index in [0.29, 0.717) is 5.92 Å². The lowest BCUT2D eigenvalue weighted by atomic mass is 9.91. The minimum absolute atomic E-state index is 0.0697. The summed E-state index contributed by atoms with van der Waals surface area (Å²) in [5, 5.41) is 0. The van der Waals surface area contributed by atoms with Gasteiger partial charge in [0.05, 0.1) is 0 Å². The first-order valence-electron chi connectivity index (χ1n) is 7.60. The Morgan fingerprint density at radius 1 is 1.40 bits per heavy atom. The average molecular weight is 277 g/mol. The summed E-state index contributed by atoms with van der Waals surface area (Å²) in [7, 11) is 0. The highest BCUT2D eigenvalue weighted by molar-refractivity contribution is 5.78. The zero-order valence-electron chi connectivity index (χ0n) is 12.4. The zero-order chi connectivity index (χ0) is 14.5. The van der Waals surface area contributed by atoms with E-state index < -0.39 is 0 Å². The molecule has 1 aliphatic heterocycles. The SMILES string of the molecule is CC(C)C(=O)N1CCC[C@H](CCc2ccccc2F)C1. The van der Waals surface area contributed by atoms with Gasteiger partial charge in [0.1, 0.15) is 5.82 Å². The summed E-state index contributed by atoms with van der Waals surface area (Å²) in [4.78, 5) is 14.0. The Hall–Kier alpha value is -1.38. The second kappa shape index (κ2) is 6.87. The first-order valence-corrected chi connectivity index (χ1v) is 7.60. The molecule has 1 aliphatic rings. The largest absolute Gasteiger partial charge is 0.342 e. The van der Waals surface area contributed by atoms with Crippen molar-refractivity contribution in [3.63, 3.8) is 0 Å². The van der Waals surface area contributed by atoms with E-state index in [-0.39, 0.29) is 17.6 Å². The maximum absolute atomic E-state index is 13.6. The van der Waals surface area contributed by atoms with Gasteiger partial charge in [-0.25, -0.2) is 4.39 Å². The number of nitrogens with zero attached hydrogens (tertiary/aromatic N) is 1. The average Bonchev–Trinajstić information content (AvgIpc) is 2.46. The van der Waals surface area contributed by atoms with Crippen LogP contribution in [0.2, 0.25) is 0 Å². The molecule has 1 fully saturated rings. The molecule has 110 valence electrons. The molecular weight excluding hydrogens is 253 g/mol. The highest BCUT2D eigenvalue weighted by atomic mass is 19.1. The quantitative estimate of drug-likeness (QED) is 0.822. The van der Waals surface area contributed by atoms with Crippen molar-refractivity contribution in [3.05, 3.63) is 35.6 Å². The maximum Gasteiger partial charge on any atom is 0.225 e. The molecule has 0 aliphatic carbocycles. The number of benzene rings is 1. The van der Waals surface area contributed by atoms with E-state index >= 15 is 0 Å². The number of aryl methyl sites for hydroxylation is 1. The molecule has 1 atom stereocenters. The standard InChI is InChI=1S/C17H24FNO/c1-13(2)17(20)19-11-5-6-14(12-19)9-10-15-7-3-4-8-16(15)18/h3-4,7-8,13-14H,5-6,9-12H2,1-2H3/t14-/m1/s1. The van der Waals surface area contributed by atoms with Crippen LogP contribution in [0.1, 0.15) is 38.7 Å². The number of piperidine rings is 1. The van der Waals surface area contributed by atoms with Crippen LogP contribution in [0.5, 0.6) is 0 Å². The molecule has 1 aromatic rings. The van der Waals surface area contributed by atoms with Gasteiger partial charge in [-0.1, -0.05) is 32.0 Å². The van der Waals surface area contributed by atoms with E-state index in [1.807, 2.05) is 30.9 Å². The maximum atomic E-state index is 13.6. The van der Waals surface area contributed by atoms with E-state index in [1.165, 1.54) is 6.07 Å². The first-order chi connectivity index (χ1) is 9.58. The van der Waals surface area contributed by atoms with Gasteiger partial charge in [-0.3, -0.25) is 4.79 Å². The molecule has 0 unspecified atom stereocenters. The van der Waals surface area contributed by atoms with Crippen LogP contribution in [0.15, 0.2) is 24.3 Å². The summed E-state index contributed by atoms with van der Waals surface area (Å²) in [6.07, 6.45) is 3.95. The molecule has 20 heavy (non-hydrogen) atoms. The van der Waals surface area contributed by atoms with Gasteiger partial charge in [0.15, 0.2) is 0 Å². The molecule has 0 spiro atoms. The number of rotatable bonds is 4. The molecule has 1 aromatic carbocycles. The minimum atomic E-state index is -0.113. The number of carbonyl (C=O) groups excluding carboxylic acids is 1. The van der Waals surface area contributed by atoms with Gasteiger partial charge in [-0.2, -0.15) is 0 Å². The Morgan fingerprint density at radius 3 is 2.85 bits per heavy atom. The molecule has 2 nitrogen and oxygen atoms in total. The molecule has 1 saturated heterocycles. The molecule has 0 aromatic heterocycles. The summed E-state index contributed by atoms with van der Waals surface area (Å²) >= 11 is 0.